The minimum Gasteiger partial charge on any atom is -0.361 e. The Morgan fingerprint density at radius 1 is 1.50 bits per heavy atom. The van der Waals surface area contributed by atoms with Crippen molar-refractivity contribution >= 4 is 5.91 Å². The van der Waals surface area contributed by atoms with Gasteiger partial charge in [-0.15, -0.1) is 0 Å². The average molecular weight is 224 g/mol. The smallest absolute Gasteiger partial charge is 0.223 e. The summed E-state index contributed by atoms with van der Waals surface area (Å²) < 4.78 is 5.06. The molecule has 0 spiro atoms. The van der Waals surface area contributed by atoms with E-state index in [2.05, 4.69) is 10.5 Å². The third-order valence-electron chi connectivity index (χ3n) is 2.70. The monoisotopic (exact) mass is 224 g/mol. The molecule has 1 heterocycles. The minimum atomic E-state index is 0.136. The van der Waals surface area contributed by atoms with Crippen molar-refractivity contribution < 1.29 is 9.32 Å². The van der Waals surface area contributed by atoms with Crippen LogP contribution in [0.5, 0.6) is 0 Å². The van der Waals surface area contributed by atoms with Gasteiger partial charge < -0.3 is 9.84 Å². The fraction of sp³-hybridized carbons (Fsp3) is 0.667. The summed E-state index contributed by atoms with van der Waals surface area (Å²) in [6.45, 7) is 6.57. The molecule has 4 heteroatoms. The second-order valence-corrected chi connectivity index (χ2v) is 3.99. The molecule has 16 heavy (non-hydrogen) atoms. The first-order valence-corrected chi connectivity index (χ1v) is 5.87. The van der Waals surface area contributed by atoms with E-state index in [1.807, 2.05) is 26.8 Å². The van der Waals surface area contributed by atoms with Gasteiger partial charge in [0.15, 0.2) is 0 Å². The van der Waals surface area contributed by atoms with E-state index in [4.69, 9.17) is 4.52 Å². The van der Waals surface area contributed by atoms with Crippen molar-refractivity contribution in [2.24, 2.45) is 5.92 Å². The molecule has 0 aromatic carbocycles. The van der Waals surface area contributed by atoms with Crippen molar-refractivity contribution in [2.75, 3.05) is 6.54 Å². The standard InChI is InChI=1S/C12H20N2O2/c1-4-10(5-2)12(15)13-7-6-11-8-9(3)14-16-11/h8,10H,4-7H2,1-3H3,(H,13,15). The zero-order valence-corrected chi connectivity index (χ0v) is 10.2. The lowest BCUT2D eigenvalue weighted by Crippen LogP contribution is -2.31. The molecule has 90 valence electrons. The molecule has 1 amide bonds. The maximum absolute atomic E-state index is 11.6. The van der Waals surface area contributed by atoms with Crippen LogP contribution in [0, 0.1) is 12.8 Å². The predicted molar refractivity (Wildman–Crippen MR) is 62.0 cm³/mol. The Kier molecular flexibility index (Phi) is 5.02. The maximum atomic E-state index is 11.6. The van der Waals surface area contributed by atoms with Crippen molar-refractivity contribution in [3.63, 3.8) is 0 Å². The number of amides is 1. The molecule has 0 bridgehead atoms. The van der Waals surface area contributed by atoms with Crippen LogP contribution in [0.2, 0.25) is 0 Å². The van der Waals surface area contributed by atoms with Crippen molar-refractivity contribution in [1.82, 2.24) is 10.5 Å². The van der Waals surface area contributed by atoms with Gasteiger partial charge in [0, 0.05) is 24.9 Å². The molecule has 0 radical (unpaired) electrons. The van der Waals surface area contributed by atoms with E-state index >= 15 is 0 Å². The van der Waals surface area contributed by atoms with E-state index in [0.717, 1.165) is 24.3 Å². The Labute approximate surface area is 96.4 Å². The number of rotatable bonds is 6. The lowest BCUT2D eigenvalue weighted by Gasteiger charge is -2.11. The molecule has 1 aromatic rings. The topological polar surface area (TPSA) is 55.1 Å². The molecule has 0 saturated carbocycles. The first kappa shape index (κ1) is 12.7. The first-order chi connectivity index (χ1) is 7.67. The van der Waals surface area contributed by atoms with Crippen LogP contribution in [0.1, 0.15) is 38.1 Å². The number of carbonyl (C=O) groups is 1. The van der Waals surface area contributed by atoms with Crippen LogP contribution < -0.4 is 5.32 Å². The molecule has 0 unspecified atom stereocenters. The third-order valence-corrected chi connectivity index (χ3v) is 2.70. The Morgan fingerprint density at radius 3 is 2.69 bits per heavy atom. The maximum Gasteiger partial charge on any atom is 0.223 e. The normalized spacial score (nSPS) is 10.8. The number of carbonyl (C=O) groups excluding carboxylic acids is 1. The third kappa shape index (κ3) is 3.68. The summed E-state index contributed by atoms with van der Waals surface area (Å²) in [7, 11) is 0. The van der Waals surface area contributed by atoms with E-state index in [9.17, 15) is 4.79 Å². The molecule has 0 aliphatic heterocycles. The van der Waals surface area contributed by atoms with Crippen LogP contribution in [0.25, 0.3) is 0 Å². The van der Waals surface area contributed by atoms with Gasteiger partial charge in [0.25, 0.3) is 0 Å². The number of hydrogen-bond acceptors (Lipinski definition) is 3. The quantitative estimate of drug-likeness (QED) is 0.804. The Morgan fingerprint density at radius 2 is 2.19 bits per heavy atom. The predicted octanol–water partition coefficient (Wildman–Crippen LogP) is 2.08. The number of nitrogens with one attached hydrogen (secondary N) is 1. The minimum absolute atomic E-state index is 0.136. The van der Waals surface area contributed by atoms with Crippen LogP contribution in [0.4, 0.5) is 0 Å². The Balaban J connectivity index is 2.27. The largest absolute Gasteiger partial charge is 0.361 e. The van der Waals surface area contributed by atoms with Gasteiger partial charge in [-0.2, -0.15) is 0 Å². The summed E-state index contributed by atoms with van der Waals surface area (Å²) >= 11 is 0. The van der Waals surface area contributed by atoms with Gasteiger partial charge >= 0.3 is 0 Å². The van der Waals surface area contributed by atoms with Gasteiger partial charge in [-0.25, -0.2) is 0 Å². The highest BCUT2D eigenvalue weighted by Gasteiger charge is 2.13. The molecule has 0 aliphatic rings. The van der Waals surface area contributed by atoms with E-state index in [0.29, 0.717) is 13.0 Å². The van der Waals surface area contributed by atoms with Gasteiger partial charge in [-0.3, -0.25) is 4.79 Å². The van der Waals surface area contributed by atoms with E-state index in [-0.39, 0.29) is 11.8 Å². The van der Waals surface area contributed by atoms with Crippen LogP contribution >= 0.6 is 0 Å². The lowest BCUT2D eigenvalue weighted by molar-refractivity contribution is -0.125. The molecule has 0 aliphatic carbocycles. The summed E-state index contributed by atoms with van der Waals surface area (Å²) in [6, 6.07) is 1.89. The zero-order valence-electron chi connectivity index (χ0n) is 10.2. The van der Waals surface area contributed by atoms with E-state index in [1.54, 1.807) is 0 Å². The SMILES string of the molecule is CCC(CC)C(=O)NCCc1cc(C)no1. The Bertz CT molecular complexity index is 330. The number of aryl methyl sites for hydroxylation is 1. The van der Waals surface area contributed by atoms with Crippen LogP contribution in [0.3, 0.4) is 0 Å². The van der Waals surface area contributed by atoms with Crippen molar-refractivity contribution in [1.29, 1.82) is 0 Å². The highest BCUT2D eigenvalue weighted by atomic mass is 16.5. The number of aromatic nitrogens is 1. The Hall–Kier alpha value is -1.32. The van der Waals surface area contributed by atoms with E-state index in [1.165, 1.54) is 0 Å². The number of hydrogen-bond donors (Lipinski definition) is 1. The molecule has 0 saturated heterocycles. The first-order valence-electron chi connectivity index (χ1n) is 5.87. The second-order valence-electron chi connectivity index (χ2n) is 3.99. The summed E-state index contributed by atoms with van der Waals surface area (Å²) in [5, 5.41) is 6.71. The van der Waals surface area contributed by atoms with E-state index < -0.39 is 0 Å². The van der Waals surface area contributed by atoms with Gasteiger partial charge in [0.1, 0.15) is 5.76 Å². The molecule has 0 atom stereocenters. The number of nitrogens with zero attached hydrogens (tertiary/aromatic N) is 1. The molecule has 1 aromatic heterocycles. The molecule has 1 rings (SSSR count). The van der Waals surface area contributed by atoms with Gasteiger partial charge in [-0.05, 0) is 19.8 Å². The summed E-state index contributed by atoms with van der Waals surface area (Å²) in [6.07, 6.45) is 2.49. The molecule has 4 nitrogen and oxygen atoms in total. The lowest BCUT2D eigenvalue weighted by atomic mass is 10.0. The van der Waals surface area contributed by atoms with Gasteiger partial charge in [0.2, 0.25) is 5.91 Å². The second kappa shape index (κ2) is 6.30. The summed E-state index contributed by atoms with van der Waals surface area (Å²) in [4.78, 5) is 11.6. The van der Waals surface area contributed by atoms with Crippen LogP contribution in [0.15, 0.2) is 10.6 Å². The molecule has 1 N–H and O–H groups in total. The summed E-state index contributed by atoms with van der Waals surface area (Å²) in [5.41, 5.74) is 0.876. The zero-order chi connectivity index (χ0) is 12.0. The molecular formula is C12H20N2O2. The van der Waals surface area contributed by atoms with Crippen molar-refractivity contribution in [3.8, 4) is 0 Å². The highest BCUT2D eigenvalue weighted by Crippen LogP contribution is 2.07. The van der Waals surface area contributed by atoms with Crippen LogP contribution in [-0.2, 0) is 11.2 Å². The molecular weight excluding hydrogens is 204 g/mol. The molecule has 0 fully saturated rings. The van der Waals surface area contributed by atoms with Gasteiger partial charge in [0.05, 0.1) is 5.69 Å². The highest BCUT2D eigenvalue weighted by molar-refractivity contribution is 5.78. The van der Waals surface area contributed by atoms with Crippen LogP contribution in [-0.4, -0.2) is 17.6 Å². The average Bonchev–Trinajstić information content (AvgIpc) is 2.66. The fourth-order valence-corrected chi connectivity index (χ4v) is 1.65. The van der Waals surface area contributed by atoms with Gasteiger partial charge in [-0.1, -0.05) is 19.0 Å². The summed E-state index contributed by atoms with van der Waals surface area (Å²) in [5.74, 6) is 1.10. The van der Waals surface area contributed by atoms with Crippen molar-refractivity contribution in [2.45, 2.75) is 40.0 Å². The van der Waals surface area contributed by atoms with Crippen molar-refractivity contribution in [3.05, 3.63) is 17.5 Å². The fourth-order valence-electron chi connectivity index (χ4n) is 1.65.